The molecule has 0 aliphatic rings. The van der Waals surface area contributed by atoms with Crippen LogP contribution in [0, 0.1) is 10.8 Å². The van der Waals surface area contributed by atoms with Crippen molar-refractivity contribution in [3.8, 4) is 0 Å². The van der Waals surface area contributed by atoms with E-state index in [1.54, 1.807) is 0 Å². The fourth-order valence-corrected chi connectivity index (χ4v) is 2.41. The molecule has 0 spiro atoms. The van der Waals surface area contributed by atoms with Crippen LogP contribution in [-0.2, 0) is 14.2 Å². The first-order valence-electron chi connectivity index (χ1n) is 10.9. The van der Waals surface area contributed by atoms with Gasteiger partial charge in [-0.15, -0.1) is 0 Å². The normalized spacial score (nSPS) is 13.1. The second kappa shape index (κ2) is 10.6. The Morgan fingerprint density at radius 1 is 0.500 bits per heavy atom. The highest BCUT2D eigenvalue weighted by Gasteiger charge is 2.46. The van der Waals surface area contributed by atoms with Crippen molar-refractivity contribution in [1.29, 1.82) is 0 Å². The molecule has 0 atom stereocenters. The molecule has 3 amide bonds. The number of alkyl carbamates (subject to hydrolysis) is 3. The molecule has 0 aliphatic heterocycles. The van der Waals surface area contributed by atoms with Crippen LogP contribution in [0.15, 0.2) is 0 Å². The van der Waals surface area contributed by atoms with Crippen molar-refractivity contribution < 1.29 is 28.6 Å². The summed E-state index contributed by atoms with van der Waals surface area (Å²) in [5.41, 5.74) is -2.99. The van der Waals surface area contributed by atoms with Gasteiger partial charge in [0.15, 0.2) is 0 Å². The number of hydrogen-bond donors (Lipinski definition) is 3. The zero-order valence-electron chi connectivity index (χ0n) is 22.1. The van der Waals surface area contributed by atoms with Crippen LogP contribution in [0.1, 0.15) is 83.1 Å². The van der Waals surface area contributed by atoms with Crippen molar-refractivity contribution in [2.24, 2.45) is 10.8 Å². The molecule has 3 N–H and O–H groups in total. The molecule has 32 heavy (non-hydrogen) atoms. The molecule has 0 heterocycles. The third kappa shape index (κ3) is 12.6. The van der Waals surface area contributed by atoms with E-state index in [0.717, 1.165) is 0 Å². The van der Waals surface area contributed by atoms with E-state index in [1.807, 2.05) is 83.1 Å². The van der Waals surface area contributed by atoms with E-state index >= 15 is 0 Å². The molecular weight excluding hydrogens is 414 g/mol. The summed E-state index contributed by atoms with van der Waals surface area (Å²) in [6.45, 7) is 21.9. The molecule has 0 saturated carbocycles. The van der Waals surface area contributed by atoms with Crippen molar-refractivity contribution in [2.75, 3.05) is 19.8 Å². The van der Waals surface area contributed by atoms with Gasteiger partial charge in [0.1, 0.15) is 19.8 Å². The smallest absolute Gasteiger partial charge is 0.407 e. The van der Waals surface area contributed by atoms with Gasteiger partial charge >= 0.3 is 18.3 Å². The zero-order valence-corrected chi connectivity index (χ0v) is 22.1. The van der Waals surface area contributed by atoms with Gasteiger partial charge in [-0.25, -0.2) is 14.4 Å². The number of amides is 3. The van der Waals surface area contributed by atoms with Crippen LogP contribution in [-0.4, -0.2) is 54.7 Å². The molecule has 188 valence electrons. The van der Waals surface area contributed by atoms with E-state index in [2.05, 4.69) is 16.0 Å². The van der Waals surface area contributed by atoms with Crippen molar-refractivity contribution >= 4 is 18.3 Å². The molecule has 0 radical (unpaired) electrons. The summed E-state index contributed by atoms with van der Waals surface area (Å²) < 4.78 is 16.5. The van der Waals surface area contributed by atoms with E-state index < -0.39 is 45.7 Å². The number of rotatable bonds is 6. The predicted molar refractivity (Wildman–Crippen MR) is 125 cm³/mol. The van der Waals surface area contributed by atoms with Crippen LogP contribution in [0.5, 0.6) is 0 Å². The second-order valence-electron chi connectivity index (χ2n) is 12.4. The Kier molecular flexibility index (Phi) is 9.89. The maximum atomic E-state index is 12.3. The summed E-state index contributed by atoms with van der Waals surface area (Å²) in [4.78, 5) is 36.9. The molecule has 0 aromatic rings. The van der Waals surface area contributed by atoms with Gasteiger partial charge in [-0.05, 0) is 67.7 Å². The molecule has 9 heteroatoms. The van der Waals surface area contributed by atoms with Gasteiger partial charge in [-0.1, -0.05) is 20.8 Å². The average Bonchev–Trinajstić information content (AvgIpc) is 2.48. The molecule has 0 bridgehead atoms. The standard InChI is InChI=1S/C23H45N3O6/c1-19(2,3)23(13-30-16(27)24-20(4,5)6,14-31-17(28)25-21(7,8)9)15-32-18(29)26-22(10,11)12/h13-15H2,1-12H3,(H,24,27)(H,25,28)(H,26,29). The first kappa shape index (κ1) is 29.8. The Morgan fingerprint density at radius 3 is 0.875 bits per heavy atom. The minimum atomic E-state index is -0.993. The maximum Gasteiger partial charge on any atom is 0.407 e. The summed E-state index contributed by atoms with van der Waals surface area (Å²) in [5, 5.41) is 8.20. The van der Waals surface area contributed by atoms with Crippen LogP contribution >= 0.6 is 0 Å². The fraction of sp³-hybridized carbons (Fsp3) is 0.870. The highest BCUT2D eigenvalue weighted by atomic mass is 16.6. The van der Waals surface area contributed by atoms with E-state index in [9.17, 15) is 14.4 Å². The monoisotopic (exact) mass is 459 g/mol. The molecule has 0 aliphatic carbocycles. The predicted octanol–water partition coefficient (Wildman–Crippen LogP) is 4.59. The second-order valence-corrected chi connectivity index (χ2v) is 12.4. The van der Waals surface area contributed by atoms with Crippen LogP contribution < -0.4 is 16.0 Å². The Hall–Kier alpha value is -2.19. The molecule has 0 rings (SSSR count). The van der Waals surface area contributed by atoms with Crippen LogP contribution in [0.3, 0.4) is 0 Å². The number of carbonyl (C=O) groups is 3. The van der Waals surface area contributed by atoms with Crippen molar-refractivity contribution in [1.82, 2.24) is 16.0 Å². The SMILES string of the molecule is CC(C)(C)NC(=O)OCC(COC(=O)NC(C)(C)C)(COC(=O)NC(C)(C)C)C(C)(C)C. The van der Waals surface area contributed by atoms with E-state index in [-0.39, 0.29) is 19.8 Å². The van der Waals surface area contributed by atoms with Gasteiger partial charge in [0.05, 0.1) is 5.41 Å². The van der Waals surface area contributed by atoms with Crippen molar-refractivity contribution in [3.63, 3.8) is 0 Å². The molecule has 9 nitrogen and oxygen atoms in total. The molecular formula is C23H45N3O6. The first-order chi connectivity index (χ1) is 14.1. The Morgan fingerprint density at radius 2 is 0.719 bits per heavy atom. The number of ether oxygens (including phenoxy) is 3. The summed E-state index contributed by atoms with van der Waals surface area (Å²) in [7, 11) is 0. The van der Waals surface area contributed by atoms with Gasteiger partial charge in [0.25, 0.3) is 0 Å². The van der Waals surface area contributed by atoms with Crippen molar-refractivity contribution in [3.05, 3.63) is 0 Å². The fourth-order valence-electron chi connectivity index (χ4n) is 2.41. The van der Waals surface area contributed by atoms with Gasteiger partial charge < -0.3 is 30.2 Å². The van der Waals surface area contributed by atoms with E-state index in [0.29, 0.717) is 0 Å². The Labute approximate surface area is 193 Å². The quantitative estimate of drug-likeness (QED) is 0.500. The summed E-state index contributed by atoms with van der Waals surface area (Å²) in [5.74, 6) is 0. The lowest BCUT2D eigenvalue weighted by atomic mass is 9.68. The van der Waals surface area contributed by atoms with Crippen LogP contribution in [0.25, 0.3) is 0 Å². The third-order valence-corrected chi connectivity index (χ3v) is 4.46. The summed E-state index contributed by atoms with van der Waals surface area (Å²) >= 11 is 0. The lowest BCUT2D eigenvalue weighted by molar-refractivity contribution is -0.0792. The first-order valence-corrected chi connectivity index (χ1v) is 10.9. The minimum Gasteiger partial charge on any atom is -0.449 e. The lowest BCUT2D eigenvalue weighted by Gasteiger charge is -2.43. The van der Waals surface area contributed by atoms with E-state index in [4.69, 9.17) is 14.2 Å². The topological polar surface area (TPSA) is 115 Å². The number of carbonyl (C=O) groups excluding carboxylic acids is 3. The highest BCUT2D eigenvalue weighted by molar-refractivity contribution is 5.69. The maximum absolute atomic E-state index is 12.3. The van der Waals surface area contributed by atoms with Gasteiger partial charge in [-0.2, -0.15) is 0 Å². The van der Waals surface area contributed by atoms with Gasteiger partial charge in [-0.3, -0.25) is 0 Å². The largest absolute Gasteiger partial charge is 0.449 e. The number of hydrogen-bond acceptors (Lipinski definition) is 6. The van der Waals surface area contributed by atoms with Gasteiger partial charge in [0.2, 0.25) is 0 Å². The van der Waals surface area contributed by atoms with Gasteiger partial charge in [0, 0.05) is 16.6 Å². The van der Waals surface area contributed by atoms with Crippen molar-refractivity contribution in [2.45, 2.75) is 99.7 Å². The molecule has 0 aromatic heterocycles. The number of nitrogens with one attached hydrogen (secondary N) is 3. The Balaban J connectivity index is 5.65. The average molecular weight is 460 g/mol. The van der Waals surface area contributed by atoms with Crippen LogP contribution in [0.2, 0.25) is 0 Å². The molecule has 0 unspecified atom stereocenters. The lowest BCUT2D eigenvalue weighted by Crippen LogP contribution is -2.52. The minimum absolute atomic E-state index is 0.121. The molecule has 0 fully saturated rings. The van der Waals surface area contributed by atoms with E-state index in [1.165, 1.54) is 0 Å². The zero-order chi connectivity index (χ0) is 25.6. The Bertz CT molecular complexity index is 570. The summed E-state index contributed by atoms with van der Waals surface area (Å²) in [6.07, 6.45) is -1.82. The molecule has 0 saturated heterocycles. The molecule has 0 aromatic carbocycles. The highest BCUT2D eigenvalue weighted by Crippen LogP contribution is 2.40. The van der Waals surface area contributed by atoms with Crippen LogP contribution in [0.4, 0.5) is 14.4 Å². The summed E-state index contributed by atoms with van der Waals surface area (Å²) in [6, 6.07) is 0. The third-order valence-electron chi connectivity index (χ3n) is 4.46.